The molecule has 1 saturated heterocycles. The zero-order valence-electron chi connectivity index (χ0n) is 12.6. The van der Waals surface area contributed by atoms with Gasteiger partial charge in [-0.25, -0.2) is 4.98 Å². The molecule has 116 valence electrons. The van der Waals surface area contributed by atoms with Crippen molar-refractivity contribution in [3.05, 3.63) is 27.4 Å². The Hall–Kier alpha value is -1.73. The Bertz CT molecular complexity index is 570. The molecule has 0 aromatic carbocycles. The van der Waals surface area contributed by atoms with E-state index in [1.807, 2.05) is 0 Å². The number of aryl methyl sites for hydroxylation is 2. The molecule has 1 aliphatic rings. The fourth-order valence-corrected chi connectivity index (χ4v) is 2.51. The largest absolute Gasteiger partial charge is 0.379 e. The lowest BCUT2D eigenvalue weighted by Crippen LogP contribution is -2.50. The first-order chi connectivity index (χ1) is 10.0. The Morgan fingerprint density at radius 1 is 1.52 bits per heavy atom. The van der Waals surface area contributed by atoms with Crippen LogP contribution in [0.25, 0.3) is 0 Å². The zero-order valence-corrected chi connectivity index (χ0v) is 12.6. The molecule has 0 aliphatic carbocycles. The van der Waals surface area contributed by atoms with Crippen molar-refractivity contribution >= 4 is 5.91 Å². The van der Waals surface area contributed by atoms with Crippen molar-refractivity contribution in [3.8, 4) is 0 Å². The van der Waals surface area contributed by atoms with E-state index in [1.54, 1.807) is 21.0 Å². The highest BCUT2D eigenvalue weighted by Crippen LogP contribution is 2.11. The average Bonchev–Trinajstić information content (AvgIpc) is 2.43. The Kier molecular flexibility index (Phi) is 5.08. The number of hydrogen-bond acceptors (Lipinski definition) is 5. The molecule has 1 aromatic rings. The summed E-state index contributed by atoms with van der Waals surface area (Å²) in [6.45, 7) is 4.49. The summed E-state index contributed by atoms with van der Waals surface area (Å²) in [5.41, 5.74) is 0.705. The van der Waals surface area contributed by atoms with Crippen LogP contribution in [0, 0.1) is 13.8 Å². The van der Waals surface area contributed by atoms with E-state index in [2.05, 4.69) is 15.3 Å². The van der Waals surface area contributed by atoms with E-state index in [4.69, 9.17) is 9.47 Å². The average molecular weight is 295 g/mol. The lowest BCUT2D eigenvalue weighted by molar-refractivity contribution is -0.124. The van der Waals surface area contributed by atoms with Gasteiger partial charge in [-0.05, 0) is 20.3 Å². The van der Waals surface area contributed by atoms with Gasteiger partial charge >= 0.3 is 0 Å². The van der Waals surface area contributed by atoms with Crippen LogP contribution in [0.15, 0.2) is 4.79 Å². The molecule has 0 bridgehead atoms. The summed E-state index contributed by atoms with van der Waals surface area (Å²) in [6.07, 6.45) is 0.687. The van der Waals surface area contributed by atoms with Gasteiger partial charge in [-0.1, -0.05) is 0 Å². The quantitative estimate of drug-likeness (QED) is 0.806. The number of carbonyl (C=O) groups is 1. The minimum atomic E-state index is -0.265. The number of ether oxygens (including phenoxy) is 2. The van der Waals surface area contributed by atoms with Gasteiger partial charge in [0.15, 0.2) is 0 Å². The first-order valence-corrected chi connectivity index (χ1v) is 6.97. The highest BCUT2D eigenvalue weighted by atomic mass is 16.5. The number of methoxy groups -OCH3 is 1. The van der Waals surface area contributed by atoms with Crippen molar-refractivity contribution < 1.29 is 14.3 Å². The smallest absolute Gasteiger partial charge is 0.254 e. The van der Waals surface area contributed by atoms with Crippen LogP contribution in [-0.4, -0.2) is 48.3 Å². The van der Waals surface area contributed by atoms with Crippen LogP contribution < -0.4 is 10.9 Å². The maximum Gasteiger partial charge on any atom is 0.254 e. The molecule has 2 heterocycles. The second-order valence-electron chi connectivity index (χ2n) is 5.20. The van der Waals surface area contributed by atoms with Crippen LogP contribution >= 0.6 is 0 Å². The monoisotopic (exact) mass is 295 g/mol. The lowest BCUT2D eigenvalue weighted by atomic mass is 10.1. The van der Waals surface area contributed by atoms with Crippen molar-refractivity contribution in [1.29, 1.82) is 0 Å². The van der Waals surface area contributed by atoms with Crippen LogP contribution in [0.3, 0.4) is 0 Å². The number of carbonyl (C=O) groups excluding carboxylic acids is 1. The summed E-state index contributed by atoms with van der Waals surface area (Å²) in [4.78, 5) is 30.8. The van der Waals surface area contributed by atoms with Crippen molar-refractivity contribution in [3.63, 3.8) is 0 Å². The zero-order chi connectivity index (χ0) is 15.4. The van der Waals surface area contributed by atoms with Crippen LogP contribution in [0.5, 0.6) is 0 Å². The number of rotatable bonds is 4. The van der Waals surface area contributed by atoms with Crippen molar-refractivity contribution in [2.45, 2.75) is 38.8 Å². The molecule has 21 heavy (non-hydrogen) atoms. The molecule has 0 saturated carbocycles. The van der Waals surface area contributed by atoms with E-state index >= 15 is 0 Å². The van der Waals surface area contributed by atoms with Gasteiger partial charge in [-0.2, -0.15) is 0 Å². The molecule has 1 amide bonds. The van der Waals surface area contributed by atoms with E-state index in [9.17, 15) is 9.59 Å². The number of aromatic amines is 1. The molecule has 2 rings (SSSR count). The third-order valence-corrected chi connectivity index (χ3v) is 3.62. The third kappa shape index (κ3) is 3.89. The molecule has 1 fully saturated rings. The predicted molar refractivity (Wildman–Crippen MR) is 76.2 cm³/mol. The Labute approximate surface area is 123 Å². The Morgan fingerprint density at radius 3 is 2.95 bits per heavy atom. The predicted octanol–water partition coefficient (Wildman–Crippen LogP) is -0.151. The summed E-state index contributed by atoms with van der Waals surface area (Å²) in [6, 6.07) is -0.186. The molecule has 2 atom stereocenters. The van der Waals surface area contributed by atoms with Crippen LogP contribution in [0.2, 0.25) is 0 Å². The number of amides is 1. The van der Waals surface area contributed by atoms with E-state index in [-0.39, 0.29) is 30.0 Å². The topological polar surface area (TPSA) is 93.3 Å². The van der Waals surface area contributed by atoms with Gasteiger partial charge in [0, 0.05) is 25.0 Å². The van der Waals surface area contributed by atoms with Crippen molar-refractivity contribution in [1.82, 2.24) is 15.3 Å². The van der Waals surface area contributed by atoms with Gasteiger partial charge in [-0.15, -0.1) is 0 Å². The van der Waals surface area contributed by atoms with Crippen molar-refractivity contribution in [2.24, 2.45) is 0 Å². The first-order valence-electron chi connectivity index (χ1n) is 6.97. The summed E-state index contributed by atoms with van der Waals surface area (Å²) in [7, 11) is 1.62. The standard InChI is InChI=1S/C14H21N3O4/c1-8-10(14(19)16-9(2)15-8)6-13(18)17-11-7-21-5-4-12(11)20-3/h11-12H,4-7H2,1-3H3,(H,17,18)(H,15,16,19)/t11-,12-/m1/s1. The maximum absolute atomic E-state index is 12.1. The molecular weight excluding hydrogens is 274 g/mol. The molecule has 1 aliphatic heterocycles. The Balaban J connectivity index is 2.03. The van der Waals surface area contributed by atoms with E-state index in [1.165, 1.54) is 0 Å². The summed E-state index contributed by atoms with van der Waals surface area (Å²) in [5, 5.41) is 2.87. The number of hydrogen-bond donors (Lipinski definition) is 2. The van der Waals surface area contributed by atoms with Gasteiger partial charge in [0.05, 0.1) is 25.2 Å². The second-order valence-corrected chi connectivity index (χ2v) is 5.20. The maximum atomic E-state index is 12.1. The van der Waals surface area contributed by atoms with Gasteiger partial charge in [-0.3, -0.25) is 9.59 Å². The van der Waals surface area contributed by atoms with Gasteiger partial charge in [0.1, 0.15) is 5.82 Å². The molecule has 7 nitrogen and oxygen atoms in total. The summed E-state index contributed by atoms with van der Waals surface area (Å²) in [5.74, 6) is 0.314. The molecule has 0 radical (unpaired) electrons. The molecule has 7 heteroatoms. The molecular formula is C14H21N3O4. The van der Waals surface area contributed by atoms with Gasteiger partial charge in [0.2, 0.25) is 5.91 Å². The number of nitrogens with zero attached hydrogens (tertiary/aromatic N) is 1. The van der Waals surface area contributed by atoms with Gasteiger partial charge in [0.25, 0.3) is 5.56 Å². The first kappa shape index (κ1) is 15.7. The normalized spacial score (nSPS) is 22.0. The summed E-state index contributed by atoms with van der Waals surface area (Å²) >= 11 is 0. The lowest BCUT2D eigenvalue weighted by Gasteiger charge is -2.31. The third-order valence-electron chi connectivity index (χ3n) is 3.62. The second kappa shape index (κ2) is 6.82. The fourth-order valence-electron chi connectivity index (χ4n) is 2.51. The van der Waals surface area contributed by atoms with Gasteiger partial charge < -0.3 is 19.8 Å². The number of H-pyrrole nitrogens is 1. The number of aromatic nitrogens is 2. The minimum Gasteiger partial charge on any atom is -0.379 e. The molecule has 1 aromatic heterocycles. The van der Waals surface area contributed by atoms with Crippen LogP contribution in [0.4, 0.5) is 0 Å². The van der Waals surface area contributed by atoms with E-state index in [0.29, 0.717) is 30.3 Å². The fraction of sp³-hybridized carbons (Fsp3) is 0.643. The summed E-state index contributed by atoms with van der Waals surface area (Å²) < 4.78 is 10.7. The van der Waals surface area contributed by atoms with E-state index < -0.39 is 0 Å². The van der Waals surface area contributed by atoms with Crippen LogP contribution in [-0.2, 0) is 20.7 Å². The number of nitrogens with one attached hydrogen (secondary N) is 2. The van der Waals surface area contributed by atoms with Crippen LogP contribution in [0.1, 0.15) is 23.5 Å². The Morgan fingerprint density at radius 2 is 2.29 bits per heavy atom. The molecule has 0 unspecified atom stereocenters. The van der Waals surface area contributed by atoms with E-state index in [0.717, 1.165) is 6.42 Å². The highest BCUT2D eigenvalue weighted by Gasteiger charge is 2.27. The van der Waals surface area contributed by atoms with Crippen molar-refractivity contribution in [2.75, 3.05) is 20.3 Å². The minimum absolute atomic E-state index is 0.00137. The molecule has 2 N–H and O–H groups in total. The molecule has 0 spiro atoms. The SMILES string of the molecule is CO[C@@H]1CCOC[C@H]1NC(=O)Cc1c(C)nc(C)[nH]c1=O. The highest BCUT2D eigenvalue weighted by molar-refractivity contribution is 5.79.